The molecule has 1 heterocycles. The molecular formula is C20H21NV. The number of aromatic nitrogens is 1. The van der Waals surface area contributed by atoms with Crippen LogP contribution in [-0.2, 0) is 18.6 Å². The van der Waals surface area contributed by atoms with Crippen LogP contribution >= 0.6 is 0 Å². The largest absolute Gasteiger partial charge is 0.265 e. The van der Waals surface area contributed by atoms with Gasteiger partial charge in [0, 0.05) is 30.9 Å². The van der Waals surface area contributed by atoms with Gasteiger partial charge in [0.15, 0.2) is 0 Å². The van der Waals surface area contributed by atoms with Gasteiger partial charge in [-0.1, -0.05) is 56.3 Å². The van der Waals surface area contributed by atoms with E-state index >= 15 is 0 Å². The Kier molecular flexibility index (Phi) is 7.66. The first-order valence-electron chi connectivity index (χ1n) is 7.40. The quantitative estimate of drug-likeness (QED) is 0.584. The van der Waals surface area contributed by atoms with Crippen LogP contribution in [0.3, 0.4) is 0 Å². The van der Waals surface area contributed by atoms with Crippen LogP contribution in [0.4, 0.5) is 0 Å². The van der Waals surface area contributed by atoms with Gasteiger partial charge in [-0.15, -0.1) is 0 Å². The number of nitrogens with zero attached hydrogens (tertiary/aromatic N) is 1. The van der Waals surface area contributed by atoms with Crippen molar-refractivity contribution in [3.63, 3.8) is 0 Å². The molecule has 0 saturated carbocycles. The first kappa shape index (κ1) is 18.2. The van der Waals surface area contributed by atoms with Gasteiger partial charge in [-0.2, -0.15) is 0 Å². The predicted molar refractivity (Wildman–Crippen MR) is 91.2 cm³/mol. The molecule has 1 aromatic heterocycles. The molecule has 0 saturated heterocycles. The van der Waals surface area contributed by atoms with Gasteiger partial charge in [0.05, 0.1) is 0 Å². The molecule has 0 atom stereocenters. The number of rotatable bonds is 2. The first-order chi connectivity index (χ1) is 10.3. The van der Waals surface area contributed by atoms with Crippen molar-refractivity contribution in [2.45, 2.75) is 20.8 Å². The van der Waals surface area contributed by atoms with Gasteiger partial charge in [0.1, 0.15) is 0 Å². The Bertz CT molecular complexity index is 621. The summed E-state index contributed by atoms with van der Waals surface area (Å²) in [6.45, 7) is 6.14. The molecule has 3 rings (SSSR count). The van der Waals surface area contributed by atoms with Gasteiger partial charge in [0.2, 0.25) is 0 Å². The third kappa shape index (κ3) is 4.59. The summed E-state index contributed by atoms with van der Waals surface area (Å²) in [4.78, 5) is 4.07. The standard InChI is InChI=1S/C18H15N.C2H6.V/c1-14-11-17(15-5-3-2-4-6-15)13-18(12-14)16-7-9-19-10-8-16;1-2;/h2-13H,1H3;1-2H3;. The summed E-state index contributed by atoms with van der Waals surface area (Å²) in [6, 6.07) is 21.2. The van der Waals surface area contributed by atoms with Crippen LogP contribution in [0.25, 0.3) is 22.3 Å². The average molecular weight is 326 g/mol. The minimum atomic E-state index is 0. The molecule has 0 unspecified atom stereocenters. The van der Waals surface area contributed by atoms with Crippen LogP contribution in [0.15, 0.2) is 73.1 Å². The third-order valence-corrected chi connectivity index (χ3v) is 3.20. The van der Waals surface area contributed by atoms with Gasteiger partial charge in [-0.3, -0.25) is 4.98 Å². The summed E-state index contributed by atoms with van der Waals surface area (Å²) in [7, 11) is 0. The molecule has 0 aliphatic carbocycles. The molecular weight excluding hydrogens is 305 g/mol. The van der Waals surface area contributed by atoms with E-state index in [1.165, 1.54) is 27.8 Å². The molecule has 0 spiro atoms. The summed E-state index contributed by atoms with van der Waals surface area (Å²) < 4.78 is 0. The van der Waals surface area contributed by atoms with Crippen LogP contribution in [-0.4, -0.2) is 4.98 Å². The summed E-state index contributed by atoms with van der Waals surface area (Å²) in [6.07, 6.45) is 3.67. The van der Waals surface area contributed by atoms with Gasteiger partial charge in [-0.25, -0.2) is 0 Å². The van der Waals surface area contributed by atoms with Crippen molar-refractivity contribution in [3.8, 4) is 22.3 Å². The van der Waals surface area contributed by atoms with Crippen molar-refractivity contribution in [1.29, 1.82) is 0 Å². The number of pyridine rings is 1. The Labute approximate surface area is 145 Å². The van der Waals surface area contributed by atoms with Crippen molar-refractivity contribution in [3.05, 3.63) is 78.6 Å². The van der Waals surface area contributed by atoms with Crippen LogP contribution in [0.1, 0.15) is 19.4 Å². The molecule has 111 valence electrons. The van der Waals surface area contributed by atoms with E-state index in [1.54, 1.807) is 0 Å². The average Bonchev–Trinajstić information content (AvgIpc) is 2.58. The Morgan fingerprint density at radius 1 is 0.636 bits per heavy atom. The SMILES string of the molecule is CC.Cc1cc(-c2ccccc2)cc(-c2ccncc2)c1.[V]. The third-order valence-electron chi connectivity index (χ3n) is 3.20. The Balaban J connectivity index is 0.000000775. The molecule has 0 aliphatic rings. The van der Waals surface area contributed by atoms with Crippen LogP contribution in [0.5, 0.6) is 0 Å². The van der Waals surface area contributed by atoms with Gasteiger partial charge in [-0.05, 0) is 52.9 Å². The summed E-state index contributed by atoms with van der Waals surface area (Å²) in [5.74, 6) is 0. The monoisotopic (exact) mass is 326 g/mol. The fourth-order valence-corrected chi connectivity index (χ4v) is 2.29. The molecule has 3 aromatic rings. The first-order valence-corrected chi connectivity index (χ1v) is 7.40. The van der Waals surface area contributed by atoms with Crippen molar-refractivity contribution >= 4 is 0 Å². The van der Waals surface area contributed by atoms with Crippen molar-refractivity contribution < 1.29 is 18.6 Å². The molecule has 0 N–H and O–H groups in total. The predicted octanol–water partition coefficient (Wildman–Crippen LogP) is 5.75. The van der Waals surface area contributed by atoms with Crippen molar-refractivity contribution in [1.82, 2.24) is 4.98 Å². The van der Waals surface area contributed by atoms with E-state index in [0.29, 0.717) is 0 Å². The molecule has 22 heavy (non-hydrogen) atoms. The van der Waals surface area contributed by atoms with Crippen LogP contribution < -0.4 is 0 Å². The van der Waals surface area contributed by atoms with E-state index in [2.05, 4.69) is 54.4 Å². The zero-order valence-electron chi connectivity index (χ0n) is 13.3. The second-order valence-corrected chi connectivity index (χ2v) is 4.69. The van der Waals surface area contributed by atoms with Crippen molar-refractivity contribution in [2.75, 3.05) is 0 Å². The minimum absolute atomic E-state index is 0. The summed E-state index contributed by atoms with van der Waals surface area (Å²) >= 11 is 0. The maximum atomic E-state index is 4.07. The second-order valence-electron chi connectivity index (χ2n) is 4.69. The topological polar surface area (TPSA) is 12.9 Å². The molecule has 0 bridgehead atoms. The number of aryl methyl sites for hydroxylation is 1. The molecule has 2 aromatic carbocycles. The van der Waals surface area contributed by atoms with E-state index in [0.717, 1.165) is 0 Å². The van der Waals surface area contributed by atoms with Crippen LogP contribution in [0, 0.1) is 6.92 Å². The maximum absolute atomic E-state index is 4.07. The van der Waals surface area contributed by atoms with Crippen molar-refractivity contribution in [2.24, 2.45) is 0 Å². The van der Waals surface area contributed by atoms with Gasteiger partial charge >= 0.3 is 0 Å². The zero-order valence-corrected chi connectivity index (χ0v) is 14.7. The molecule has 0 amide bonds. The maximum Gasteiger partial charge on any atom is 0.0273 e. The number of benzene rings is 2. The molecule has 1 nitrogen and oxygen atoms in total. The number of hydrogen-bond acceptors (Lipinski definition) is 1. The van der Waals surface area contributed by atoms with E-state index in [-0.39, 0.29) is 18.6 Å². The molecule has 1 radical (unpaired) electrons. The molecule has 0 fully saturated rings. The molecule has 2 heteroatoms. The Morgan fingerprint density at radius 3 is 1.68 bits per heavy atom. The Hall–Kier alpha value is -1.83. The summed E-state index contributed by atoms with van der Waals surface area (Å²) in [5, 5.41) is 0. The summed E-state index contributed by atoms with van der Waals surface area (Å²) in [5.41, 5.74) is 6.22. The van der Waals surface area contributed by atoms with Crippen LogP contribution in [0.2, 0.25) is 0 Å². The fourth-order valence-electron chi connectivity index (χ4n) is 2.29. The fraction of sp³-hybridized carbons (Fsp3) is 0.150. The van der Waals surface area contributed by atoms with E-state index in [4.69, 9.17) is 0 Å². The zero-order chi connectivity index (χ0) is 15.1. The smallest absolute Gasteiger partial charge is 0.0273 e. The Morgan fingerprint density at radius 2 is 1.14 bits per heavy atom. The normalized spacial score (nSPS) is 9.23. The van der Waals surface area contributed by atoms with Gasteiger partial charge < -0.3 is 0 Å². The van der Waals surface area contributed by atoms with E-state index < -0.39 is 0 Å². The van der Waals surface area contributed by atoms with E-state index in [1.807, 2.05) is 44.4 Å². The molecule has 0 aliphatic heterocycles. The van der Waals surface area contributed by atoms with Gasteiger partial charge in [0.25, 0.3) is 0 Å². The van der Waals surface area contributed by atoms with E-state index in [9.17, 15) is 0 Å². The number of hydrogen-bond donors (Lipinski definition) is 0. The minimum Gasteiger partial charge on any atom is -0.265 e. The second kappa shape index (κ2) is 9.24.